The summed E-state index contributed by atoms with van der Waals surface area (Å²) in [5.74, 6) is -0.117. The molecule has 122 valence electrons. The van der Waals surface area contributed by atoms with Gasteiger partial charge in [-0.15, -0.1) is 0 Å². The lowest BCUT2D eigenvalue weighted by Crippen LogP contribution is -2.37. The highest BCUT2D eigenvalue weighted by Crippen LogP contribution is 2.23. The summed E-state index contributed by atoms with van der Waals surface area (Å²) >= 11 is 0. The predicted octanol–water partition coefficient (Wildman–Crippen LogP) is 1.75. The maximum absolute atomic E-state index is 12.1. The fraction of sp³-hybridized carbons (Fsp3) is 0.667. The van der Waals surface area contributed by atoms with Gasteiger partial charge in [-0.05, 0) is 12.8 Å². The standard InChI is InChI=1S/C15H23N3O4/c1-5-21-14(19)13-11-8-18(15(20)22-9-10(2)3)7-6-12(11)16-17(13)4/h10H,5-9H2,1-4H3. The van der Waals surface area contributed by atoms with Crippen LogP contribution >= 0.6 is 0 Å². The summed E-state index contributed by atoms with van der Waals surface area (Å²) in [6.45, 7) is 7.30. The molecule has 0 radical (unpaired) electrons. The first-order valence-electron chi connectivity index (χ1n) is 7.57. The summed E-state index contributed by atoms with van der Waals surface area (Å²) < 4.78 is 11.9. The minimum Gasteiger partial charge on any atom is -0.461 e. The molecule has 1 aliphatic rings. The number of carbonyl (C=O) groups excluding carboxylic acids is 2. The van der Waals surface area contributed by atoms with Gasteiger partial charge in [-0.25, -0.2) is 9.59 Å². The second kappa shape index (κ2) is 6.81. The van der Waals surface area contributed by atoms with Crippen molar-refractivity contribution in [1.82, 2.24) is 14.7 Å². The molecule has 2 rings (SSSR count). The summed E-state index contributed by atoms with van der Waals surface area (Å²) in [6.07, 6.45) is 0.261. The smallest absolute Gasteiger partial charge is 0.410 e. The van der Waals surface area contributed by atoms with E-state index in [4.69, 9.17) is 9.47 Å². The fourth-order valence-electron chi connectivity index (χ4n) is 2.44. The Morgan fingerprint density at radius 3 is 2.68 bits per heavy atom. The Balaban J connectivity index is 2.15. The van der Waals surface area contributed by atoms with Crippen LogP contribution in [0.25, 0.3) is 0 Å². The third-order valence-electron chi connectivity index (χ3n) is 3.46. The number of carbonyl (C=O) groups is 2. The first-order valence-corrected chi connectivity index (χ1v) is 7.57. The van der Waals surface area contributed by atoms with Crippen LogP contribution in [-0.4, -0.2) is 46.5 Å². The highest BCUT2D eigenvalue weighted by Gasteiger charge is 2.30. The van der Waals surface area contributed by atoms with E-state index in [0.717, 1.165) is 11.3 Å². The van der Waals surface area contributed by atoms with Crippen LogP contribution < -0.4 is 0 Å². The zero-order valence-electron chi connectivity index (χ0n) is 13.6. The summed E-state index contributed by atoms with van der Waals surface area (Å²) in [5, 5.41) is 4.36. The summed E-state index contributed by atoms with van der Waals surface area (Å²) in [7, 11) is 1.71. The van der Waals surface area contributed by atoms with Crippen molar-refractivity contribution in [2.45, 2.75) is 33.7 Å². The van der Waals surface area contributed by atoms with E-state index >= 15 is 0 Å². The highest BCUT2D eigenvalue weighted by atomic mass is 16.6. The molecule has 0 aliphatic carbocycles. The van der Waals surface area contributed by atoms with Gasteiger partial charge in [0.05, 0.1) is 25.5 Å². The van der Waals surface area contributed by atoms with Gasteiger partial charge in [0, 0.05) is 25.6 Å². The number of hydrogen-bond donors (Lipinski definition) is 0. The number of rotatable bonds is 4. The van der Waals surface area contributed by atoms with Gasteiger partial charge >= 0.3 is 12.1 Å². The molecule has 1 aliphatic heterocycles. The molecular formula is C15H23N3O4. The van der Waals surface area contributed by atoms with Crippen molar-refractivity contribution in [2.24, 2.45) is 13.0 Å². The minimum atomic E-state index is -0.406. The summed E-state index contributed by atoms with van der Waals surface area (Å²) in [6, 6.07) is 0. The van der Waals surface area contributed by atoms with Crippen LogP contribution in [0.4, 0.5) is 4.79 Å². The number of aromatic nitrogens is 2. The molecule has 0 saturated carbocycles. The molecule has 22 heavy (non-hydrogen) atoms. The van der Waals surface area contributed by atoms with Crippen LogP contribution in [0.1, 0.15) is 42.5 Å². The molecule has 0 N–H and O–H groups in total. The largest absolute Gasteiger partial charge is 0.461 e. The second-order valence-electron chi connectivity index (χ2n) is 5.76. The van der Waals surface area contributed by atoms with Gasteiger partial charge in [-0.3, -0.25) is 4.68 Å². The number of hydrogen-bond acceptors (Lipinski definition) is 5. The first kappa shape index (κ1) is 16.3. The first-order chi connectivity index (χ1) is 10.4. The maximum Gasteiger partial charge on any atom is 0.410 e. The number of nitrogens with zero attached hydrogens (tertiary/aromatic N) is 3. The van der Waals surface area contributed by atoms with Crippen LogP contribution in [-0.2, 0) is 29.5 Å². The molecule has 7 nitrogen and oxygen atoms in total. The van der Waals surface area contributed by atoms with Crippen molar-refractivity contribution in [3.63, 3.8) is 0 Å². The lowest BCUT2D eigenvalue weighted by molar-refractivity contribution is 0.0508. The van der Waals surface area contributed by atoms with E-state index in [0.29, 0.717) is 38.4 Å². The van der Waals surface area contributed by atoms with Crippen molar-refractivity contribution in [2.75, 3.05) is 19.8 Å². The normalized spacial score (nSPS) is 14.0. The van der Waals surface area contributed by atoms with Gasteiger partial charge in [-0.2, -0.15) is 5.10 Å². The molecule has 0 saturated heterocycles. The van der Waals surface area contributed by atoms with Gasteiger partial charge in [0.15, 0.2) is 5.69 Å². The number of esters is 1. The average molecular weight is 309 g/mol. The number of amides is 1. The van der Waals surface area contributed by atoms with Crippen LogP contribution in [0.5, 0.6) is 0 Å². The lowest BCUT2D eigenvalue weighted by atomic mass is 10.1. The molecule has 1 aromatic heterocycles. The van der Waals surface area contributed by atoms with Crippen molar-refractivity contribution >= 4 is 12.1 Å². The van der Waals surface area contributed by atoms with Crippen molar-refractivity contribution in [3.05, 3.63) is 17.0 Å². The van der Waals surface area contributed by atoms with Gasteiger partial charge < -0.3 is 14.4 Å². The second-order valence-corrected chi connectivity index (χ2v) is 5.76. The van der Waals surface area contributed by atoms with E-state index < -0.39 is 5.97 Å². The van der Waals surface area contributed by atoms with E-state index in [2.05, 4.69) is 5.10 Å². The molecule has 2 heterocycles. The Kier molecular flexibility index (Phi) is 5.05. The Bertz CT molecular complexity index is 565. The van der Waals surface area contributed by atoms with Gasteiger partial charge in [0.1, 0.15) is 0 Å². The van der Waals surface area contributed by atoms with E-state index in [-0.39, 0.29) is 12.0 Å². The SMILES string of the molecule is CCOC(=O)c1c2c(nn1C)CCN(C(=O)OCC(C)C)C2. The van der Waals surface area contributed by atoms with Crippen molar-refractivity contribution < 1.29 is 19.1 Å². The molecule has 0 aromatic carbocycles. The lowest BCUT2D eigenvalue weighted by Gasteiger charge is -2.26. The van der Waals surface area contributed by atoms with Crippen LogP contribution in [0.3, 0.4) is 0 Å². The Labute approximate surface area is 130 Å². The molecule has 0 bridgehead atoms. The molecule has 0 fully saturated rings. The van der Waals surface area contributed by atoms with E-state index in [1.54, 1.807) is 18.9 Å². The van der Waals surface area contributed by atoms with E-state index in [1.165, 1.54) is 4.68 Å². The fourth-order valence-corrected chi connectivity index (χ4v) is 2.44. The quantitative estimate of drug-likeness (QED) is 0.792. The highest BCUT2D eigenvalue weighted by molar-refractivity contribution is 5.89. The Hall–Kier alpha value is -2.05. The molecular weight excluding hydrogens is 286 g/mol. The van der Waals surface area contributed by atoms with E-state index in [1.807, 2.05) is 13.8 Å². The maximum atomic E-state index is 12.1. The molecule has 7 heteroatoms. The summed E-state index contributed by atoms with van der Waals surface area (Å²) in [5.41, 5.74) is 2.02. The van der Waals surface area contributed by atoms with Gasteiger partial charge in [0.2, 0.25) is 0 Å². The molecule has 0 atom stereocenters. The van der Waals surface area contributed by atoms with Crippen molar-refractivity contribution in [3.8, 4) is 0 Å². The third kappa shape index (κ3) is 3.40. The zero-order chi connectivity index (χ0) is 16.3. The van der Waals surface area contributed by atoms with Crippen LogP contribution in [0, 0.1) is 5.92 Å². The van der Waals surface area contributed by atoms with E-state index in [9.17, 15) is 9.59 Å². The minimum absolute atomic E-state index is 0.290. The van der Waals surface area contributed by atoms with Gasteiger partial charge in [0.25, 0.3) is 0 Å². The van der Waals surface area contributed by atoms with Crippen molar-refractivity contribution in [1.29, 1.82) is 0 Å². The number of fused-ring (bicyclic) bond motifs is 1. The predicted molar refractivity (Wildman–Crippen MR) is 79.5 cm³/mol. The molecule has 0 unspecified atom stereocenters. The topological polar surface area (TPSA) is 73.7 Å². The Morgan fingerprint density at radius 1 is 1.32 bits per heavy atom. The molecule has 0 spiro atoms. The average Bonchev–Trinajstić information content (AvgIpc) is 2.79. The Morgan fingerprint density at radius 2 is 2.05 bits per heavy atom. The van der Waals surface area contributed by atoms with Crippen LogP contribution in [0.2, 0.25) is 0 Å². The number of ether oxygens (including phenoxy) is 2. The van der Waals surface area contributed by atoms with Crippen LogP contribution in [0.15, 0.2) is 0 Å². The monoisotopic (exact) mass is 309 g/mol. The molecule has 1 aromatic rings. The number of aryl methyl sites for hydroxylation is 1. The van der Waals surface area contributed by atoms with Gasteiger partial charge in [-0.1, -0.05) is 13.8 Å². The summed E-state index contributed by atoms with van der Waals surface area (Å²) in [4.78, 5) is 25.8. The molecule has 1 amide bonds. The third-order valence-corrected chi connectivity index (χ3v) is 3.46. The zero-order valence-corrected chi connectivity index (χ0v) is 13.6.